The summed E-state index contributed by atoms with van der Waals surface area (Å²) in [7, 11) is 0. The molecule has 2 aliphatic rings. The molecule has 14 heteroatoms. The van der Waals surface area contributed by atoms with Crippen molar-refractivity contribution in [2.45, 2.75) is 36.3 Å². The molecule has 1 aliphatic carbocycles. The van der Waals surface area contributed by atoms with Crippen molar-refractivity contribution in [3.8, 4) is 11.3 Å². The van der Waals surface area contributed by atoms with E-state index in [1.807, 2.05) is 4.90 Å². The Labute approximate surface area is 249 Å². The number of likely N-dealkylation sites (tertiary alicyclic amines) is 1. The van der Waals surface area contributed by atoms with E-state index >= 15 is 0 Å². The fourth-order valence-electron chi connectivity index (χ4n) is 5.13. The van der Waals surface area contributed by atoms with Gasteiger partial charge in [-0.2, -0.15) is 0 Å². The van der Waals surface area contributed by atoms with E-state index < -0.39 is 24.3 Å². The van der Waals surface area contributed by atoms with Crippen LogP contribution in [0.2, 0.25) is 5.02 Å². The molecule has 0 bridgehead atoms. The lowest BCUT2D eigenvalue weighted by atomic mass is 9.77. The van der Waals surface area contributed by atoms with Gasteiger partial charge >= 0.3 is 0 Å². The number of benzene rings is 1. The van der Waals surface area contributed by atoms with Gasteiger partial charge in [0.1, 0.15) is 16.7 Å². The third kappa shape index (κ3) is 6.97. The fraction of sp³-hybridized carbons (Fsp3) is 0.429. The van der Waals surface area contributed by atoms with E-state index in [4.69, 9.17) is 11.6 Å². The van der Waals surface area contributed by atoms with E-state index in [-0.39, 0.29) is 55.2 Å². The second-order valence-corrected chi connectivity index (χ2v) is 11.9. The molecular weight excluding hydrogens is 593 g/mol. The van der Waals surface area contributed by atoms with Gasteiger partial charge in [0, 0.05) is 65.8 Å². The predicted molar refractivity (Wildman–Crippen MR) is 155 cm³/mol. The van der Waals surface area contributed by atoms with Crippen LogP contribution in [-0.4, -0.2) is 80.2 Å². The number of amides is 1. The van der Waals surface area contributed by atoms with E-state index in [1.165, 1.54) is 36.2 Å². The number of alkyl halides is 2. The van der Waals surface area contributed by atoms with Crippen LogP contribution in [0.4, 0.5) is 30.4 Å². The Morgan fingerprint density at radius 3 is 2.74 bits per heavy atom. The second kappa shape index (κ2) is 13.1. The number of carbonyl (C=O) groups is 1. The lowest BCUT2D eigenvalue weighted by molar-refractivity contribution is -0.140. The van der Waals surface area contributed by atoms with Crippen molar-refractivity contribution in [1.29, 1.82) is 0 Å². The number of aliphatic hydroxyl groups excluding tert-OH is 2. The van der Waals surface area contributed by atoms with Crippen molar-refractivity contribution >= 4 is 46.5 Å². The van der Waals surface area contributed by atoms with Gasteiger partial charge < -0.3 is 20.8 Å². The minimum Gasteiger partial charge on any atom is -0.396 e. The predicted octanol–water partition coefficient (Wildman–Crippen LogP) is 4.83. The summed E-state index contributed by atoms with van der Waals surface area (Å²) in [6, 6.07) is 9.15. The average molecular weight is 623 g/mol. The molecule has 0 spiro atoms. The molecule has 1 atom stereocenters. The Kier molecular flexibility index (Phi) is 9.53. The van der Waals surface area contributed by atoms with Crippen LogP contribution in [0.1, 0.15) is 19.3 Å². The van der Waals surface area contributed by atoms with Crippen LogP contribution in [0.15, 0.2) is 47.6 Å². The van der Waals surface area contributed by atoms with Crippen LogP contribution in [0.5, 0.6) is 0 Å². The number of nitrogens with zero attached hydrogens (tertiary/aromatic N) is 4. The molecular formula is C28H30ClF3N6O3S. The number of aliphatic hydroxyl groups is 2. The number of rotatable bonds is 10. The highest BCUT2D eigenvalue weighted by molar-refractivity contribution is 7.99. The molecule has 2 fully saturated rings. The number of nitrogens with one attached hydrogen (secondary N) is 2. The highest BCUT2D eigenvalue weighted by Gasteiger charge is 2.47. The minimum atomic E-state index is -2.87. The molecule has 3 aromatic rings. The van der Waals surface area contributed by atoms with Crippen LogP contribution in [0, 0.1) is 17.7 Å². The number of hydrogen-bond acceptors (Lipinski definition) is 9. The summed E-state index contributed by atoms with van der Waals surface area (Å²) in [6.07, 6.45) is 2.32. The second-order valence-electron chi connectivity index (χ2n) is 10.4. The van der Waals surface area contributed by atoms with Gasteiger partial charge in [-0.05, 0) is 43.2 Å². The Bertz CT molecular complexity index is 1430. The fourth-order valence-corrected chi connectivity index (χ4v) is 5.95. The Morgan fingerprint density at radius 1 is 1.17 bits per heavy atom. The number of aromatic nitrogens is 3. The van der Waals surface area contributed by atoms with Gasteiger partial charge in [-0.25, -0.2) is 18.2 Å². The minimum absolute atomic E-state index is 0.0272. The normalized spacial score (nSPS) is 21.9. The molecule has 224 valence electrons. The molecule has 9 nitrogen and oxygen atoms in total. The summed E-state index contributed by atoms with van der Waals surface area (Å²) in [5.74, 6) is -4.25. The quantitative estimate of drug-likeness (QED) is 0.236. The molecule has 1 saturated carbocycles. The zero-order valence-corrected chi connectivity index (χ0v) is 24.0. The maximum atomic E-state index is 14.5. The molecule has 1 amide bonds. The maximum Gasteiger partial charge on any atom is 0.255 e. The summed E-state index contributed by atoms with van der Waals surface area (Å²) < 4.78 is 42.4. The number of carbonyl (C=O) groups excluding carboxylic acids is 1. The van der Waals surface area contributed by atoms with E-state index in [9.17, 15) is 28.2 Å². The van der Waals surface area contributed by atoms with Crippen LogP contribution < -0.4 is 10.6 Å². The molecule has 2 aromatic heterocycles. The number of halogens is 4. The van der Waals surface area contributed by atoms with Crippen molar-refractivity contribution in [1.82, 2.24) is 20.1 Å². The molecule has 5 rings (SSSR count). The first-order valence-corrected chi connectivity index (χ1v) is 14.9. The van der Waals surface area contributed by atoms with Gasteiger partial charge in [-0.15, -0.1) is 22.0 Å². The molecule has 3 heterocycles. The van der Waals surface area contributed by atoms with Crippen LogP contribution in [0.25, 0.3) is 11.3 Å². The highest BCUT2D eigenvalue weighted by Crippen LogP contribution is 2.39. The number of piperidine rings is 1. The van der Waals surface area contributed by atoms with E-state index in [2.05, 4.69) is 25.8 Å². The third-order valence-electron chi connectivity index (χ3n) is 7.59. The Hall–Kier alpha value is -2.97. The average Bonchev–Trinajstić information content (AvgIpc) is 2.93. The first-order chi connectivity index (χ1) is 20.2. The molecule has 1 aliphatic heterocycles. The maximum absolute atomic E-state index is 14.5. The molecule has 1 saturated heterocycles. The van der Waals surface area contributed by atoms with Crippen LogP contribution >= 0.6 is 23.4 Å². The summed E-state index contributed by atoms with van der Waals surface area (Å²) in [4.78, 5) is 19.1. The van der Waals surface area contributed by atoms with Gasteiger partial charge in [0.15, 0.2) is 0 Å². The Balaban J connectivity index is 1.24. The zero-order valence-electron chi connectivity index (χ0n) is 22.4. The topological polar surface area (TPSA) is 124 Å². The standard InChI is InChI=1S/C28H30ClF3N6O3S/c29-18-1-2-22(30)21(11-18)23-13-24(27(37-36-23)42-8-7-39)34-19-3-5-33-25(12-19)35-26(41)16-9-20(10-16)38-6-4-28(31,32)17(14-38)15-40/h1-3,5,11-13,16-17,20,39-40H,4,6-10,14-15H2,(H2,33,34,35,36,41)/t16-,17?,20-. The number of pyridine rings is 1. The molecule has 0 radical (unpaired) electrons. The third-order valence-corrected chi connectivity index (χ3v) is 8.79. The van der Waals surface area contributed by atoms with Gasteiger partial charge in [0.2, 0.25) is 5.91 Å². The summed E-state index contributed by atoms with van der Waals surface area (Å²) >= 11 is 7.33. The van der Waals surface area contributed by atoms with Crippen LogP contribution in [0.3, 0.4) is 0 Å². The molecule has 42 heavy (non-hydrogen) atoms. The van der Waals surface area contributed by atoms with Crippen molar-refractivity contribution < 1.29 is 28.2 Å². The van der Waals surface area contributed by atoms with Gasteiger partial charge in [0.25, 0.3) is 5.92 Å². The molecule has 1 aromatic carbocycles. The summed E-state index contributed by atoms with van der Waals surface area (Å²) in [5, 5.41) is 33.9. The first-order valence-electron chi connectivity index (χ1n) is 13.5. The largest absolute Gasteiger partial charge is 0.396 e. The smallest absolute Gasteiger partial charge is 0.255 e. The Morgan fingerprint density at radius 2 is 1.98 bits per heavy atom. The van der Waals surface area contributed by atoms with Crippen molar-refractivity contribution in [3.05, 3.63) is 53.4 Å². The van der Waals surface area contributed by atoms with E-state index in [0.29, 0.717) is 45.8 Å². The first kappa shape index (κ1) is 30.5. The summed E-state index contributed by atoms with van der Waals surface area (Å²) in [6.45, 7) is -0.278. The van der Waals surface area contributed by atoms with Gasteiger partial charge in [-0.1, -0.05) is 11.6 Å². The van der Waals surface area contributed by atoms with Gasteiger partial charge in [-0.3, -0.25) is 9.69 Å². The number of hydrogen-bond donors (Lipinski definition) is 4. The lowest BCUT2D eigenvalue weighted by Gasteiger charge is -2.47. The van der Waals surface area contributed by atoms with Crippen molar-refractivity contribution in [3.63, 3.8) is 0 Å². The van der Waals surface area contributed by atoms with Crippen LogP contribution in [-0.2, 0) is 4.79 Å². The molecule has 4 N–H and O–H groups in total. The highest BCUT2D eigenvalue weighted by atomic mass is 35.5. The monoisotopic (exact) mass is 622 g/mol. The SMILES string of the molecule is O=C(Nc1cc(Nc2cc(-c3cc(Cl)ccc3F)nnc2SCCO)ccn1)[C@H]1C[C@H](N2CCC(F)(F)C(CO)C2)C1. The summed E-state index contributed by atoms with van der Waals surface area (Å²) in [5.41, 5.74) is 1.53. The number of anilines is 3. The van der Waals surface area contributed by atoms with E-state index in [1.54, 1.807) is 18.2 Å². The number of thioether (sulfide) groups is 1. The van der Waals surface area contributed by atoms with Crippen molar-refractivity contribution in [2.24, 2.45) is 11.8 Å². The zero-order chi connectivity index (χ0) is 29.9. The molecule has 1 unspecified atom stereocenters. The van der Waals surface area contributed by atoms with E-state index in [0.717, 1.165) is 0 Å². The van der Waals surface area contributed by atoms with Crippen molar-refractivity contribution in [2.75, 3.05) is 42.7 Å². The van der Waals surface area contributed by atoms with Gasteiger partial charge in [0.05, 0.1) is 30.5 Å². The lowest BCUT2D eigenvalue weighted by Crippen LogP contribution is -2.56.